The summed E-state index contributed by atoms with van der Waals surface area (Å²) < 4.78 is 0. The maximum absolute atomic E-state index is 11.8. The Hall–Kier alpha value is -3.74. The van der Waals surface area contributed by atoms with Gasteiger partial charge in [-0.1, -0.05) is 30.3 Å². The lowest BCUT2D eigenvalue weighted by Crippen LogP contribution is -2.25. The molecule has 0 aliphatic heterocycles. The number of fused-ring (bicyclic) bond motifs is 1. The van der Waals surface area contributed by atoms with Gasteiger partial charge in [0.05, 0.1) is 17.7 Å². The number of hydrogen-bond donors (Lipinski definition) is 2. The Morgan fingerprint density at radius 1 is 1.04 bits per heavy atom. The van der Waals surface area contributed by atoms with E-state index in [0.29, 0.717) is 5.56 Å². The van der Waals surface area contributed by atoms with Gasteiger partial charge in [-0.25, -0.2) is 5.43 Å². The predicted octanol–water partition coefficient (Wildman–Crippen LogP) is 3.31. The van der Waals surface area contributed by atoms with Crippen LogP contribution in [0.15, 0.2) is 71.8 Å². The van der Waals surface area contributed by atoms with Gasteiger partial charge in [-0.3, -0.25) is 14.9 Å². The van der Waals surface area contributed by atoms with Crippen molar-refractivity contribution in [2.75, 3.05) is 11.9 Å². The van der Waals surface area contributed by atoms with E-state index < -0.39 is 4.92 Å². The third-order valence-electron chi connectivity index (χ3n) is 3.71. The summed E-state index contributed by atoms with van der Waals surface area (Å²) in [4.78, 5) is 22.0. The summed E-state index contributed by atoms with van der Waals surface area (Å²) in [6.07, 6.45) is 1.43. The highest BCUT2D eigenvalue weighted by Crippen LogP contribution is 2.18. The number of non-ortho nitro benzene ring substituents is 1. The summed E-state index contributed by atoms with van der Waals surface area (Å²) in [5.74, 6) is -0.295. The van der Waals surface area contributed by atoms with Crippen molar-refractivity contribution < 1.29 is 9.72 Å². The Bertz CT molecular complexity index is 968. The fourth-order valence-corrected chi connectivity index (χ4v) is 2.38. The van der Waals surface area contributed by atoms with Gasteiger partial charge in [0, 0.05) is 17.8 Å². The van der Waals surface area contributed by atoms with Crippen LogP contribution < -0.4 is 10.7 Å². The minimum Gasteiger partial charge on any atom is -0.376 e. The molecule has 0 saturated carbocycles. The first-order valence-electron chi connectivity index (χ1n) is 7.91. The molecule has 0 fully saturated rings. The van der Waals surface area contributed by atoms with E-state index in [0.717, 1.165) is 16.5 Å². The van der Waals surface area contributed by atoms with E-state index >= 15 is 0 Å². The van der Waals surface area contributed by atoms with Gasteiger partial charge in [-0.05, 0) is 40.6 Å². The lowest BCUT2D eigenvalue weighted by Gasteiger charge is -2.06. The molecule has 3 aromatic rings. The van der Waals surface area contributed by atoms with Gasteiger partial charge >= 0.3 is 0 Å². The molecule has 26 heavy (non-hydrogen) atoms. The zero-order valence-corrected chi connectivity index (χ0v) is 13.8. The fraction of sp³-hybridized carbons (Fsp3) is 0.0526. The lowest BCUT2D eigenvalue weighted by molar-refractivity contribution is -0.384. The predicted molar refractivity (Wildman–Crippen MR) is 101 cm³/mol. The zero-order valence-electron chi connectivity index (χ0n) is 13.8. The molecule has 3 aromatic carbocycles. The molecular formula is C19H16N4O3. The van der Waals surface area contributed by atoms with Gasteiger partial charge in [0.1, 0.15) is 0 Å². The monoisotopic (exact) mass is 348 g/mol. The highest BCUT2D eigenvalue weighted by Gasteiger charge is 2.03. The van der Waals surface area contributed by atoms with E-state index in [-0.39, 0.29) is 18.1 Å². The molecule has 0 aliphatic carbocycles. The van der Waals surface area contributed by atoms with E-state index in [2.05, 4.69) is 15.8 Å². The summed E-state index contributed by atoms with van der Waals surface area (Å²) in [7, 11) is 0. The molecule has 0 bridgehead atoms. The Morgan fingerprint density at radius 2 is 1.77 bits per heavy atom. The van der Waals surface area contributed by atoms with Crippen LogP contribution in [0.25, 0.3) is 10.8 Å². The molecule has 0 atom stereocenters. The van der Waals surface area contributed by atoms with E-state index in [4.69, 9.17) is 0 Å². The molecule has 130 valence electrons. The van der Waals surface area contributed by atoms with Crippen LogP contribution >= 0.6 is 0 Å². The molecule has 0 saturated heterocycles. The van der Waals surface area contributed by atoms with Gasteiger partial charge in [0.15, 0.2) is 0 Å². The number of carbonyl (C=O) groups is 1. The number of benzene rings is 3. The van der Waals surface area contributed by atoms with Crippen LogP contribution in [0.5, 0.6) is 0 Å². The molecule has 7 heteroatoms. The Kier molecular flexibility index (Phi) is 5.19. The van der Waals surface area contributed by atoms with Gasteiger partial charge in [0.2, 0.25) is 0 Å². The smallest absolute Gasteiger partial charge is 0.269 e. The van der Waals surface area contributed by atoms with Gasteiger partial charge in [-0.2, -0.15) is 5.10 Å². The fourth-order valence-electron chi connectivity index (χ4n) is 2.38. The van der Waals surface area contributed by atoms with Crippen LogP contribution in [0.1, 0.15) is 5.56 Å². The molecule has 0 spiro atoms. The van der Waals surface area contributed by atoms with Gasteiger partial charge < -0.3 is 5.32 Å². The van der Waals surface area contributed by atoms with Gasteiger partial charge in [-0.15, -0.1) is 0 Å². The van der Waals surface area contributed by atoms with Crippen LogP contribution in [0.3, 0.4) is 0 Å². The number of nitro benzene ring substituents is 1. The number of hydrazone groups is 1. The van der Waals surface area contributed by atoms with E-state index in [1.54, 1.807) is 12.1 Å². The zero-order chi connectivity index (χ0) is 18.4. The molecule has 0 unspecified atom stereocenters. The number of hydrogen-bond acceptors (Lipinski definition) is 5. The minimum absolute atomic E-state index is 0.00534. The number of anilines is 1. The number of rotatable bonds is 6. The van der Waals surface area contributed by atoms with Crippen LogP contribution in [0, 0.1) is 10.1 Å². The highest BCUT2D eigenvalue weighted by atomic mass is 16.6. The number of nitro groups is 1. The molecule has 0 radical (unpaired) electrons. The lowest BCUT2D eigenvalue weighted by atomic mass is 10.1. The maximum atomic E-state index is 11.8. The Balaban J connectivity index is 1.51. The molecule has 0 aromatic heterocycles. The largest absolute Gasteiger partial charge is 0.376 e. The molecule has 1 amide bonds. The first-order chi connectivity index (χ1) is 12.6. The second kappa shape index (κ2) is 7.89. The second-order valence-electron chi connectivity index (χ2n) is 5.56. The second-order valence-corrected chi connectivity index (χ2v) is 5.56. The molecule has 7 nitrogen and oxygen atoms in total. The number of nitrogens with zero attached hydrogens (tertiary/aromatic N) is 2. The van der Waals surface area contributed by atoms with Crippen LogP contribution in [-0.2, 0) is 4.79 Å². The minimum atomic E-state index is -0.471. The average Bonchev–Trinajstić information content (AvgIpc) is 2.66. The highest BCUT2D eigenvalue weighted by molar-refractivity contribution is 5.87. The van der Waals surface area contributed by atoms with Crippen LogP contribution in [0.4, 0.5) is 11.4 Å². The van der Waals surface area contributed by atoms with E-state index in [9.17, 15) is 14.9 Å². The van der Waals surface area contributed by atoms with Crippen molar-refractivity contribution in [3.05, 3.63) is 82.4 Å². The van der Waals surface area contributed by atoms with E-state index in [1.807, 2.05) is 42.5 Å². The number of nitrogens with one attached hydrogen (secondary N) is 2. The molecule has 0 heterocycles. The topological polar surface area (TPSA) is 96.6 Å². The van der Waals surface area contributed by atoms with Crippen molar-refractivity contribution in [1.82, 2.24) is 5.43 Å². The van der Waals surface area contributed by atoms with E-state index in [1.165, 1.54) is 18.3 Å². The van der Waals surface area contributed by atoms with Crippen LogP contribution in [0.2, 0.25) is 0 Å². The SMILES string of the molecule is O=C(CNc1ccc2ccccc2c1)N/N=C/c1ccc([N+](=O)[O-])cc1. The van der Waals surface area contributed by atoms with Crippen molar-refractivity contribution in [1.29, 1.82) is 0 Å². The summed E-state index contributed by atoms with van der Waals surface area (Å²) in [5.41, 5.74) is 3.91. The van der Waals surface area contributed by atoms with Gasteiger partial charge in [0.25, 0.3) is 11.6 Å². The van der Waals surface area contributed by atoms with Crippen molar-refractivity contribution in [3.8, 4) is 0 Å². The van der Waals surface area contributed by atoms with Crippen LogP contribution in [-0.4, -0.2) is 23.6 Å². The number of amides is 1. The Morgan fingerprint density at radius 3 is 2.50 bits per heavy atom. The van der Waals surface area contributed by atoms with Crippen molar-refractivity contribution in [2.24, 2.45) is 5.10 Å². The summed E-state index contributed by atoms with van der Waals surface area (Å²) in [6.45, 7) is 0.0793. The third-order valence-corrected chi connectivity index (χ3v) is 3.71. The summed E-state index contributed by atoms with van der Waals surface area (Å²) in [5, 5.41) is 19.7. The molecule has 0 aliphatic rings. The quantitative estimate of drug-likeness (QED) is 0.406. The average molecular weight is 348 g/mol. The van der Waals surface area contributed by atoms with Crippen molar-refractivity contribution >= 4 is 34.3 Å². The first-order valence-corrected chi connectivity index (χ1v) is 7.91. The molecule has 2 N–H and O–H groups in total. The maximum Gasteiger partial charge on any atom is 0.269 e. The first kappa shape index (κ1) is 17.1. The summed E-state index contributed by atoms with van der Waals surface area (Å²) in [6, 6.07) is 19.7. The molecular weight excluding hydrogens is 332 g/mol. The van der Waals surface area contributed by atoms with Crippen molar-refractivity contribution in [3.63, 3.8) is 0 Å². The summed E-state index contributed by atoms with van der Waals surface area (Å²) >= 11 is 0. The Labute approximate surface area is 149 Å². The standard InChI is InChI=1S/C19H16N4O3/c24-19(22-21-12-14-5-9-18(10-6-14)23(25)26)13-20-17-8-7-15-3-1-2-4-16(15)11-17/h1-12,20H,13H2,(H,22,24)/b21-12+. The normalized spacial score (nSPS) is 10.8. The van der Waals surface area contributed by atoms with Crippen molar-refractivity contribution in [2.45, 2.75) is 0 Å². The number of carbonyl (C=O) groups excluding carboxylic acids is 1. The molecule has 3 rings (SSSR count). The third kappa shape index (κ3) is 4.41.